The lowest BCUT2D eigenvalue weighted by Gasteiger charge is -2.11. The molecule has 9 heteroatoms. The molecule has 2 amide bonds. The van der Waals surface area contributed by atoms with Gasteiger partial charge >= 0.3 is 0 Å². The maximum Gasteiger partial charge on any atom is 0.285 e. The van der Waals surface area contributed by atoms with Crippen LogP contribution in [0.25, 0.3) is 0 Å². The summed E-state index contributed by atoms with van der Waals surface area (Å²) in [6, 6.07) is 13.2. The van der Waals surface area contributed by atoms with Crippen molar-refractivity contribution in [1.29, 1.82) is 0 Å². The van der Waals surface area contributed by atoms with Gasteiger partial charge in [0.1, 0.15) is 0 Å². The molecular weight excluding hydrogens is 398 g/mol. The van der Waals surface area contributed by atoms with E-state index in [0.717, 1.165) is 16.7 Å². The second kappa shape index (κ2) is 9.61. The van der Waals surface area contributed by atoms with Crippen LogP contribution in [0.1, 0.15) is 23.7 Å². The van der Waals surface area contributed by atoms with Gasteiger partial charge < -0.3 is 10.2 Å². The van der Waals surface area contributed by atoms with E-state index < -0.39 is 10.0 Å². The lowest BCUT2D eigenvalue weighted by atomic mass is 10.2. The van der Waals surface area contributed by atoms with Gasteiger partial charge in [0.15, 0.2) is 0 Å². The van der Waals surface area contributed by atoms with Crippen molar-refractivity contribution in [3.63, 3.8) is 0 Å². The van der Waals surface area contributed by atoms with Crippen LogP contribution in [0.5, 0.6) is 0 Å². The van der Waals surface area contributed by atoms with Gasteiger partial charge in [-0.25, -0.2) is 8.42 Å². The molecule has 0 bridgehead atoms. The Hall–Kier alpha value is -2.52. The van der Waals surface area contributed by atoms with E-state index in [4.69, 9.17) is 0 Å². The highest BCUT2D eigenvalue weighted by atomic mass is 32.2. The molecule has 0 saturated carbocycles. The number of carbonyl (C=O) groups excluding carboxylic acids is 2. The van der Waals surface area contributed by atoms with Crippen LogP contribution in [0.4, 0.5) is 16.2 Å². The summed E-state index contributed by atoms with van der Waals surface area (Å²) in [4.78, 5) is 26.4. The van der Waals surface area contributed by atoms with Crippen molar-refractivity contribution < 1.29 is 18.0 Å². The Kier molecular flexibility index (Phi) is 7.47. The molecule has 0 heterocycles. The molecule has 28 heavy (non-hydrogen) atoms. The Labute approximate surface area is 169 Å². The van der Waals surface area contributed by atoms with Crippen molar-refractivity contribution in [3.8, 4) is 0 Å². The van der Waals surface area contributed by atoms with E-state index in [1.807, 2.05) is 0 Å². The summed E-state index contributed by atoms with van der Waals surface area (Å²) in [6.07, 6.45) is 0.504. The van der Waals surface area contributed by atoms with Gasteiger partial charge in [-0.1, -0.05) is 13.0 Å². The molecular formula is C19H23N3O4S2. The molecule has 150 valence electrons. The second-order valence-corrected chi connectivity index (χ2v) is 9.11. The number of nitrogens with zero attached hydrogens (tertiary/aromatic N) is 1. The monoisotopic (exact) mass is 421 g/mol. The van der Waals surface area contributed by atoms with Gasteiger partial charge in [-0.05, 0) is 60.6 Å². The zero-order valence-electron chi connectivity index (χ0n) is 15.9. The van der Waals surface area contributed by atoms with Crippen molar-refractivity contribution in [1.82, 2.24) is 4.90 Å². The summed E-state index contributed by atoms with van der Waals surface area (Å²) in [5.41, 5.74) is 1.25. The Bertz CT molecular complexity index is 942. The summed E-state index contributed by atoms with van der Waals surface area (Å²) in [5, 5.41) is 2.67. The first-order chi connectivity index (χ1) is 13.2. The predicted octanol–water partition coefficient (Wildman–Crippen LogP) is 3.86. The molecule has 0 radical (unpaired) electrons. The topological polar surface area (TPSA) is 95.6 Å². The van der Waals surface area contributed by atoms with Crippen LogP contribution >= 0.6 is 11.8 Å². The average molecular weight is 422 g/mol. The molecule has 0 spiro atoms. The van der Waals surface area contributed by atoms with Crippen LogP contribution in [0.15, 0.2) is 53.4 Å². The molecule has 0 unspecified atom stereocenters. The van der Waals surface area contributed by atoms with Crippen LogP contribution in [0.3, 0.4) is 0 Å². The van der Waals surface area contributed by atoms with Crippen molar-refractivity contribution in [3.05, 3.63) is 54.1 Å². The molecule has 0 atom stereocenters. The number of thioether (sulfide) groups is 1. The number of nitrogens with one attached hydrogen (secondary N) is 2. The zero-order chi connectivity index (χ0) is 20.7. The lowest BCUT2D eigenvalue weighted by molar-refractivity contribution is 0.102. The molecule has 2 N–H and O–H groups in total. The molecule has 0 saturated heterocycles. The lowest BCUT2D eigenvalue weighted by Crippen LogP contribution is -2.17. The summed E-state index contributed by atoms with van der Waals surface area (Å²) in [6.45, 7) is 1.78. The second-order valence-electron chi connectivity index (χ2n) is 6.24. The summed E-state index contributed by atoms with van der Waals surface area (Å²) >= 11 is 1.10. The quantitative estimate of drug-likeness (QED) is 0.662. The number of benzene rings is 2. The molecule has 0 fully saturated rings. The van der Waals surface area contributed by atoms with Gasteiger partial charge in [0.2, 0.25) is 10.0 Å². The third kappa shape index (κ3) is 6.58. The summed E-state index contributed by atoms with van der Waals surface area (Å²) in [5.74, 6) is -0.342. The number of hydrogen-bond acceptors (Lipinski definition) is 5. The van der Waals surface area contributed by atoms with Crippen LogP contribution in [0, 0.1) is 0 Å². The first-order valence-corrected chi connectivity index (χ1v) is 11.1. The fourth-order valence-corrected chi connectivity index (χ4v) is 4.01. The number of anilines is 2. The van der Waals surface area contributed by atoms with Crippen LogP contribution < -0.4 is 10.0 Å². The van der Waals surface area contributed by atoms with E-state index in [1.54, 1.807) is 63.5 Å². The minimum Gasteiger partial charge on any atom is -0.339 e. The SMILES string of the molecule is CCCS(=O)(=O)Nc1cccc(C(=O)Nc2ccc(SC(=O)N(C)C)cc2)c1. The Morgan fingerprint density at radius 3 is 2.32 bits per heavy atom. The highest BCUT2D eigenvalue weighted by Crippen LogP contribution is 2.23. The van der Waals surface area contributed by atoms with E-state index in [1.165, 1.54) is 11.0 Å². The Balaban J connectivity index is 2.05. The third-order valence-corrected chi connectivity index (χ3v) is 6.09. The molecule has 2 rings (SSSR count). The van der Waals surface area contributed by atoms with Crippen LogP contribution in [-0.4, -0.2) is 44.3 Å². The molecule has 0 aliphatic heterocycles. The van der Waals surface area contributed by atoms with E-state index in [0.29, 0.717) is 23.4 Å². The predicted molar refractivity (Wildman–Crippen MR) is 113 cm³/mol. The maximum absolute atomic E-state index is 12.5. The molecule has 2 aromatic carbocycles. The average Bonchev–Trinajstić information content (AvgIpc) is 2.63. The molecule has 0 aliphatic carbocycles. The molecule has 0 aliphatic rings. The minimum absolute atomic E-state index is 0.0180. The van der Waals surface area contributed by atoms with E-state index in [-0.39, 0.29) is 16.9 Å². The molecule has 7 nitrogen and oxygen atoms in total. The van der Waals surface area contributed by atoms with E-state index in [2.05, 4.69) is 10.0 Å². The van der Waals surface area contributed by atoms with Crippen molar-refractivity contribution in [2.45, 2.75) is 18.2 Å². The van der Waals surface area contributed by atoms with Crippen molar-refractivity contribution in [2.75, 3.05) is 29.9 Å². The van der Waals surface area contributed by atoms with Gasteiger partial charge in [0.25, 0.3) is 11.1 Å². The van der Waals surface area contributed by atoms with Crippen molar-refractivity contribution >= 4 is 44.3 Å². The Morgan fingerprint density at radius 1 is 1.04 bits per heavy atom. The van der Waals surface area contributed by atoms with Gasteiger partial charge in [0.05, 0.1) is 5.75 Å². The maximum atomic E-state index is 12.5. The first kappa shape index (κ1) is 21.8. The van der Waals surface area contributed by atoms with Gasteiger partial charge in [-0.2, -0.15) is 0 Å². The highest BCUT2D eigenvalue weighted by Gasteiger charge is 2.12. The van der Waals surface area contributed by atoms with E-state index in [9.17, 15) is 18.0 Å². The number of hydrogen-bond donors (Lipinski definition) is 2. The smallest absolute Gasteiger partial charge is 0.285 e. The fraction of sp³-hybridized carbons (Fsp3) is 0.263. The minimum atomic E-state index is -3.42. The van der Waals surface area contributed by atoms with Crippen LogP contribution in [-0.2, 0) is 10.0 Å². The van der Waals surface area contributed by atoms with Crippen molar-refractivity contribution in [2.24, 2.45) is 0 Å². The normalized spacial score (nSPS) is 11.0. The Morgan fingerprint density at radius 2 is 1.71 bits per heavy atom. The summed E-state index contributed by atoms with van der Waals surface area (Å²) < 4.78 is 26.2. The van der Waals surface area contributed by atoms with Gasteiger partial charge in [-0.3, -0.25) is 14.3 Å². The molecule has 2 aromatic rings. The van der Waals surface area contributed by atoms with E-state index >= 15 is 0 Å². The van der Waals surface area contributed by atoms with Gasteiger partial charge in [-0.15, -0.1) is 0 Å². The number of carbonyl (C=O) groups is 2. The standard InChI is InChI=1S/C19H23N3O4S2/c1-4-12-28(25,26)21-16-7-5-6-14(13-16)18(23)20-15-8-10-17(11-9-15)27-19(24)22(2)3/h5-11,13,21H,4,12H2,1-3H3,(H,20,23). The first-order valence-electron chi connectivity index (χ1n) is 8.61. The highest BCUT2D eigenvalue weighted by molar-refractivity contribution is 8.13. The third-order valence-electron chi connectivity index (χ3n) is 3.55. The molecule has 0 aromatic heterocycles. The van der Waals surface area contributed by atoms with Gasteiger partial charge in [0, 0.05) is 35.9 Å². The largest absolute Gasteiger partial charge is 0.339 e. The summed E-state index contributed by atoms with van der Waals surface area (Å²) in [7, 11) is -0.0601. The van der Waals surface area contributed by atoms with Crippen LogP contribution in [0.2, 0.25) is 0 Å². The number of sulfonamides is 1. The fourth-order valence-electron chi connectivity index (χ4n) is 2.22. The number of amides is 2. The number of rotatable bonds is 7. The zero-order valence-corrected chi connectivity index (χ0v) is 17.6.